The van der Waals surface area contributed by atoms with Crippen LogP contribution in [0.2, 0.25) is 0 Å². The summed E-state index contributed by atoms with van der Waals surface area (Å²) < 4.78 is 2.37. The molecule has 0 unspecified atom stereocenters. The molecule has 1 N–H and O–H groups in total. The van der Waals surface area contributed by atoms with Crippen LogP contribution >= 0.6 is 38.5 Å². The molecule has 0 amide bonds. The number of anilines is 1. The highest BCUT2D eigenvalue weighted by molar-refractivity contribution is 14.1. The maximum atomic E-state index is 3.42. The lowest BCUT2D eigenvalue weighted by molar-refractivity contribution is 1.15. The van der Waals surface area contributed by atoms with Crippen LogP contribution < -0.4 is 5.32 Å². The van der Waals surface area contributed by atoms with E-state index in [1.807, 2.05) is 12.1 Å². The summed E-state index contributed by atoms with van der Waals surface area (Å²) in [5.41, 5.74) is 2.44. The molecular weight excluding hydrogens is 377 g/mol. The van der Waals surface area contributed by atoms with Crippen molar-refractivity contribution < 1.29 is 0 Å². The minimum absolute atomic E-state index is 0.860. The van der Waals surface area contributed by atoms with E-state index in [-0.39, 0.29) is 0 Å². The van der Waals surface area contributed by atoms with Crippen LogP contribution in [0.1, 0.15) is 5.56 Å². The van der Waals surface area contributed by atoms with Gasteiger partial charge in [0.2, 0.25) is 0 Å². The molecule has 16 heavy (non-hydrogen) atoms. The lowest BCUT2D eigenvalue weighted by Gasteiger charge is -2.06. The van der Waals surface area contributed by atoms with Crippen molar-refractivity contribution >= 4 is 44.2 Å². The van der Waals surface area contributed by atoms with Gasteiger partial charge in [0.25, 0.3) is 0 Å². The van der Waals surface area contributed by atoms with E-state index in [9.17, 15) is 0 Å². The van der Waals surface area contributed by atoms with Crippen molar-refractivity contribution in [3.63, 3.8) is 0 Å². The fourth-order valence-electron chi connectivity index (χ4n) is 1.37. The molecule has 0 fully saturated rings. The van der Waals surface area contributed by atoms with Crippen molar-refractivity contribution in [2.24, 2.45) is 0 Å². The summed E-state index contributed by atoms with van der Waals surface area (Å²) in [6.45, 7) is 0.860. The normalized spacial score (nSPS) is 10.1. The van der Waals surface area contributed by atoms with Crippen molar-refractivity contribution in [2.45, 2.75) is 6.54 Å². The van der Waals surface area contributed by atoms with Gasteiger partial charge in [0, 0.05) is 20.3 Å². The number of rotatable bonds is 3. The van der Waals surface area contributed by atoms with Crippen molar-refractivity contribution in [3.05, 3.63) is 62.1 Å². The van der Waals surface area contributed by atoms with Crippen LogP contribution in [0.25, 0.3) is 0 Å². The number of nitrogens with one attached hydrogen (secondary N) is 1. The number of hydrogen-bond acceptors (Lipinski definition) is 1. The van der Waals surface area contributed by atoms with Crippen molar-refractivity contribution in [1.82, 2.24) is 0 Å². The third-order valence-corrected chi connectivity index (χ3v) is 3.50. The average molecular weight is 388 g/mol. The molecule has 1 nitrogen and oxygen atoms in total. The third kappa shape index (κ3) is 3.49. The van der Waals surface area contributed by atoms with Crippen molar-refractivity contribution in [2.75, 3.05) is 5.32 Å². The second-order valence-electron chi connectivity index (χ2n) is 3.49. The van der Waals surface area contributed by atoms with Crippen LogP contribution in [-0.2, 0) is 6.54 Å². The predicted molar refractivity (Wildman–Crippen MR) is 80.6 cm³/mol. The molecule has 0 aliphatic rings. The number of benzene rings is 2. The Morgan fingerprint density at radius 3 is 2.19 bits per heavy atom. The van der Waals surface area contributed by atoms with E-state index in [4.69, 9.17) is 0 Å². The van der Waals surface area contributed by atoms with Gasteiger partial charge >= 0.3 is 0 Å². The molecule has 0 saturated carbocycles. The average Bonchev–Trinajstić information content (AvgIpc) is 2.30. The van der Waals surface area contributed by atoms with E-state index in [2.05, 4.69) is 80.2 Å². The molecule has 2 aromatic carbocycles. The van der Waals surface area contributed by atoms with E-state index in [1.165, 1.54) is 9.13 Å². The zero-order chi connectivity index (χ0) is 11.4. The minimum atomic E-state index is 0.860. The molecule has 2 rings (SSSR count). The maximum Gasteiger partial charge on any atom is 0.0400 e. The van der Waals surface area contributed by atoms with Gasteiger partial charge in [-0.2, -0.15) is 0 Å². The summed E-state index contributed by atoms with van der Waals surface area (Å²) in [5, 5.41) is 3.38. The fourth-order valence-corrected chi connectivity index (χ4v) is 2.00. The number of hydrogen-bond donors (Lipinski definition) is 1. The molecular formula is C13H11BrIN. The highest BCUT2D eigenvalue weighted by Crippen LogP contribution is 2.15. The quantitative estimate of drug-likeness (QED) is 0.755. The maximum absolute atomic E-state index is 3.42. The van der Waals surface area contributed by atoms with Gasteiger partial charge in [-0.15, -0.1) is 0 Å². The highest BCUT2D eigenvalue weighted by Gasteiger charge is 1.94. The van der Waals surface area contributed by atoms with Crippen molar-refractivity contribution in [1.29, 1.82) is 0 Å². The molecule has 82 valence electrons. The molecule has 0 heterocycles. The van der Waals surface area contributed by atoms with E-state index in [0.717, 1.165) is 16.7 Å². The van der Waals surface area contributed by atoms with Gasteiger partial charge in [-0.3, -0.25) is 0 Å². The summed E-state index contributed by atoms with van der Waals surface area (Å²) in [6, 6.07) is 16.7. The first-order chi connectivity index (χ1) is 7.74. The van der Waals surface area contributed by atoms with Crippen molar-refractivity contribution in [3.8, 4) is 0 Å². The number of halogens is 2. The first-order valence-corrected chi connectivity index (χ1v) is 6.85. The zero-order valence-corrected chi connectivity index (χ0v) is 12.3. The Morgan fingerprint density at radius 2 is 1.56 bits per heavy atom. The van der Waals surface area contributed by atoms with Gasteiger partial charge in [0.05, 0.1) is 0 Å². The second kappa shape index (κ2) is 5.68. The Bertz CT molecular complexity index is 405. The largest absolute Gasteiger partial charge is 0.381 e. The molecule has 0 aromatic heterocycles. The minimum Gasteiger partial charge on any atom is -0.381 e. The van der Waals surface area contributed by atoms with Crippen LogP contribution in [-0.4, -0.2) is 0 Å². The lowest BCUT2D eigenvalue weighted by atomic mass is 10.2. The van der Waals surface area contributed by atoms with E-state index in [1.54, 1.807) is 0 Å². The molecule has 0 bridgehead atoms. The summed E-state index contributed by atoms with van der Waals surface area (Å²) >= 11 is 5.74. The highest BCUT2D eigenvalue weighted by atomic mass is 127. The first-order valence-electron chi connectivity index (χ1n) is 4.98. The molecule has 0 spiro atoms. The predicted octanol–water partition coefficient (Wildman–Crippen LogP) is 4.67. The third-order valence-electron chi connectivity index (χ3n) is 2.25. The first kappa shape index (κ1) is 11.9. The second-order valence-corrected chi connectivity index (χ2v) is 5.65. The standard InChI is InChI=1S/C13H11BrIN/c14-11-3-7-13(8-4-11)16-9-10-1-5-12(15)6-2-10/h1-8,16H,9H2. The Morgan fingerprint density at radius 1 is 0.938 bits per heavy atom. The molecule has 3 heteroatoms. The summed E-state index contributed by atoms with van der Waals surface area (Å²) in [6.07, 6.45) is 0. The molecule has 2 aromatic rings. The van der Waals surface area contributed by atoms with Crippen LogP contribution in [0.4, 0.5) is 5.69 Å². The van der Waals surface area contributed by atoms with Gasteiger partial charge in [0.15, 0.2) is 0 Å². The molecule has 0 aliphatic carbocycles. The Kier molecular flexibility index (Phi) is 4.23. The van der Waals surface area contributed by atoms with E-state index < -0.39 is 0 Å². The summed E-state index contributed by atoms with van der Waals surface area (Å²) in [4.78, 5) is 0. The van der Waals surface area contributed by atoms with E-state index >= 15 is 0 Å². The van der Waals surface area contributed by atoms with Gasteiger partial charge < -0.3 is 5.32 Å². The SMILES string of the molecule is Brc1ccc(NCc2ccc(I)cc2)cc1. The Balaban J connectivity index is 1.97. The Labute approximate surface area is 118 Å². The van der Waals surface area contributed by atoms with Crippen LogP contribution in [0.5, 0.6) is 0 Å². The topological polar surface area (TPSA) is 12.0 Å². The monoisotopic (exact) mass is 387 g/mol. The van der Waals surface area contributed by atoms with Gasteiger partial charge in [-0.1, -0.05) is 28.1 Å². The summed E-state index contributed by atoms with van der Waals surface area (Å²) in [7, 11) is 0. The van der Waals surface area contributed by atoms with Crippen LogP contribution in [0, 0.1) is 3.57 Å². The fraction of sp³-hybridized carbons (Fsp3) is 0.0769. The Hall–Kier alpha value is -0.550. The van der Waals surface area contributed by atoms with Crippen LogP contribution in [0.15, 0.2) is 53.0 Å². The van der Waals surface area contributed by atoms with Gasteiger partial charge in [-0.05, 0) is 64.6 Å². The lowest BCUT2D eigenvalue weighted by Crippen LogP contribution is -1.98. The smallest absolute Gasteiger partial charge is 0.0400 e. The van der Waals surface area contributed by atoms with Crippen LogP contribution in [0.3, 0.4) is 0 Å². The molecule has 0 aliphatic heterocycles. The zero-order valence-electron chi connectivity index (χ0n) is 8.58. The van der Waals surface area contributed by atoms with Gasteiger partial charge in [0.1, 0.15) is 0 Å². The van der Waals surface area contributed by atoms with Gasteiger partial charge in [-0.25, -0.2) is 0 Å². The summed E-state index contributed by atoms with van der Waals surface area (Å²) in [5.74, 6) is 0. The molecule has 0 saturated heterocycles. The molecule has 0 atom stereocenters. The van der Waals surface area contributed by atoms with E-state index in [0.29, 0.717) is 0 Å². The molecule has 0 radical (unpaired) electrons.